The fourth-order valence-corrected chi connectivity index (χ4v) is 3.50. The van der Waals surface area contributed by atoms with Gasteiger partial charge in [0.2, 0.25) is 0 Å². The van der Waals surface area contributed by atoms with Crippen LogP contribution in [0.25, 0.3) is 0 Å². The Morgan fingerprint density at radius 2 is 1.72 bits per heavy atom. The fourth-order valence-electron chi connectivity index (χ4n) is 2.99. The topological polar surface area (TPSA) is 45.2 Å². The number of anilines is 2. The highest BCUT2D eigenvalue weighted by atomic mass is 35.5. The molecule has 4 nitrogen and oxygen atoms in total. The summed E-state index contributed by atoms with van der Waals surface area (Å²) < 4.78 is 0. The Labute approximate surface area is 155 Å². The van der Waals surface area contributed by atoms with Crippen LogP contribution in [0.3, 0.4) is 0 Å². The molecule has 0 unspecified atom stereocenters. The predicted molar refractivity (Wildman–Crippen MR) is 100 cm³/mol. The first-order valence-corrected chi connectivity index (χ1v) is 8.45. The molecule has 0 radical (unpaired) electrons. The smallest absolute Gasteiger partial charge is 0.260 e. The van der Waals surface area contributed by atoms with Crippen LogP contribution in [0.2, 0.25) is 10.0 Å². The van der Waals surface area contributed by atoms with Crippen molar-refractivity contribution in [1.29, 1.82) is 0 Å². The molecule has 2 heterocycles. The molecule has 1 atom stereocenters. The molecule has 1 aliphatic rings. The number of carbonyl (C=O) groups is 1. The number of rotatable bonds is 3. The van der Waals surface area contributed by atoms with Crippen LogP contribution in [-0.4, -0.2) is 10.9 Å². The summed E-state index contributed by atoms with van der Waals surface area (Å²) in [6.45, 7) is 0. The Morgan fingerprint density at radius 1 is 0.960 bits per heavy atom. The molecule has 1 aliphatic heterocycles. The summed E-state index contributed by atoms with van der Waals surface area (Å²) >= 11 is 12.6. The first kappa shape index (κ1) is 15.9. The molecule has 1 amide bonds. The van der Waals surface area contributed by atoms with Gasteiger partial charge in [0.25, 0.3) is 5.91 Å². The quantitative estimate of drug-likeness (QED) is 0.693. The Kier molecular flexibility index (Phi) is 4.07. The van der Waals surface area contributed by atoms with E-state index in [9.17, 15) is 4.79 Å². The number of nitrogens with zero attached hydrogens (tertiary/aromatic N) is 2. The summed E-state index contributed by atoms with van der Waals surface area (Å²) in [4.78, 5) is 18.8. The monoisotopic (exact) mass is 369 g/mol. The van der Waals surface area contributed by atoms with E-state index >= 15 is 0 Å². The van der Waals surface area contributed by atoms with Gasteiger partial charge in [-0.15, -0.1) is 0 Å². The van der Waals surface area contributed by atoms with Crippen LogP contribution >= 0.6 is 23.2 Å². The van der Waals surface area contributed by atoms with Crippen molar-refractivity contribution >= 4 is 40.5 Å². The molecule has 1 N–H and O–H groups in total. The summed E-state index contributed by atoms with van der Waals surface area (Å²) in [6, 6.07) is 16.4. The van der Waals surface area contributed by atoms with E-state index in [1.54, 1.807) is 41.6 Å². The molecule has 0 spiro atoms. The van der Waals surface area contributed by atoms with Crippen LogP contribution in [0.4, 0.5) is 11.4 Å². The number of para-hydroxylation sites is 1. The molecule has 3 aromatic rings. The van der Waals surface area contributed by atoms with E-state index in [-0.39, 0.29) is 5.91 Å². The third-order valence-corrected chi connectivity index (χ3v) is 4.76. The number of nitrogens with one attached hydrogen (secondary N) is 1. The summed E-state index contributed by atoms with van der Waals surface area (Å²) in [5.74, 6) is -0.0933. The van der Waals surface area contributed by atoms with Crippen molar-refractivity contribution in [3.63, 3.8) is 0 Å². The molecule has 0 aliphatic carbocycles. The Morgan fingerprint density at radius 3 is 2.44 bits per heavy atom. The van der Waals surface area contributed by atoms with Crippen LogP contribution in [0.15, 0.2) is 67.0 Å². The average molecular weight is 370 g/mol. The number of hydrogen-bond donors (Lipinski definition) is 1. The van der Waals surface area contributed by atoms with E-state index in [1.165, 1.54) is 0 Å². The van der Waals surface area contributed by atoms with Gasteiger partial charge in [0.1, 0.15) is 6.17 Å². The van der Waals surface area contributed by atoms with Crippen molar-refractivity contribution in [1.82, 2.24) is 4.98 Å². The van der Waals surface area contributed by atoms with Crippen LogP contribution in [0, 0.1) is 0 Å². The third-order valence-electron chi connectivity index (χ3n) is 4.13. The predicted octanol–water partition coefficient (Wildman–Crippen LogP) is 5.16. The van der Waals surface area contributed by atoms with Crippen molar-refractivity contribution in [2.75, 3.05) is 10.2 Å². The van der Waals surface area contributed by atoms with E-state index in [1.807, 2.05) is 30.3 Å². The van der Waals surface area contributed by atoms with Gasteiger partial charge >= 0.3 is 0 Å². The van der Waals surface area contributed by atoms with E-state index < -0.39 is 6.17 Å². The van der Waals surface area contributed by atoms with Gasteiger partial charge < -0.3 is 5.32 Å². The largest absolute Gasteiger partial charge is 0.359 e. The van der Waals surface area contributed by atoms with E-state index in [0.717, 1.165) is 5.56 Å². The molecule has 0 bridgehead atoms. The third kappa shape index (κ3) is 2.73. The van der Waals surface area contributed by atoms with Crippen LogP contribution in [-0.2, 0) is 0 Å². The summed E-state index contributed by atoms with van der Waals surface area (Å²) in [5, 5.41) is 4.32. The first-order chi connectivity index (χ1) is 12.2. The van der Waals surface area contributed by atoms with Gasteiger partial charge in [0.05, 0.1) is 27.6 Å². The standard InChI is InChI=1S/C19H13Cl2N3O/c20-15-8-3-9-16(21)17(15)23-18-13-6-1-2-7-14(13)19(25)24(18)12-5-4-10-22-11-12/h1-11,18,23H/t18-/m1/s1. The Hall–Kier alpha value is -2.56. The Bertz CT molecular complexity index is 926. The number of benzene rings is 2. The maximum atomic E-state index is 13.0. The average Bonchev–Trinajstić information content (AvgIpc) is 2.91. The lowest BCUT2D eigenvalue weighted by Gasteiger charge is -2.27. The lowest BCUT2D eigenvalue weighted by Crippen LogP contribution is -2.32. The molecule has 6 heteroatoms. The second-order valence-electron chi connectivity index (χ2n) is 5.62. The maximum Gasteiger partial charge on any atom is 0.260 e. The highest BCUT2D eigenvalue weighted by Gasteiger charge is 2.38. The summed E-state index contributed by atoms with van der Waals surface area (Å²) in [6.07, 6.45) is 2.90. The van der Waals surface area contributed by atoms with Gasteiger partial charge in [0.15, 0.2) is 0 Å². The van der Waals surface area contributed by atoms with E-state index in [0.29, 0.717) is 27.0 Å². The van der Waals surface area contributed by atoms with Gasteiger partial charge in [-0.05, 0) is 30.3 Å². The normalized spacial score (nSPS) is 16.0. The highest BCUT2D eigenvalue weighted by Crippen LogP contribution is 2.40. The second kappa shape index (κ2) is 6.39. The number of halogens is 2. The lowest BCUT2D eigenvalue weighted by atomic mass is 10.1. The molecule has 2 aromatic carbocycles. The summed E-state index contributed by atoms with van der Waals surface area (Å²) in [5.41, 5.74) is 2.80. The zero-order chi connectivity index (χ0) is 17.4. The number of carbonyl (C=O) groups excluding carboxylic acids is 1. The first-order valence-electron chi connectivity index (χ1n) is 7.70. The molecule has 1 aromatic heterocycles. The van der Waals surface area contributed by atoms with Crippen molar-refractivity contribution in [3.05, 3.63) is 88.2 Å². The molecular weight excluding hydrogens is 357 g/mol. The zero-order valence-corrected chi connectivity index (χ0v) is 14.5. The van der Waals surface area contributed by atoms with Gasteiger partial charge in [-0.1, -0.05) is 47.5 Å². The Balaban J connectivity index is 1.83. The van der Waals surface area contributed by atoms with Crippen LogP contribution < -0.4 is 10.2 Å². The SMILES string of the molecule is O=C1c2ccccc2[C@H](Nc2c(Cl)cccc2Cl)N1c1cccnc1. The van der Waals surface area contributed by atoms with E-state index in [4.69, 9.17) is 23.2 Å². The number of amides is 1. The van der Waals surface area contributed by atoms with Gasteiger partial charge in [-0.3, -0.25) is 14.7 Å². The number of fused-ring (bicyclic) bond motifs is 1. The minimum absolute atomic E-state index is 0.0933. The minimum atomic E-state index is -0.426. The molecule has 25 heavy (non-hydrogen) atoms. The van der Waals surface area contributed by atoms with Crippen LogP contribution in [0.1, 0.15) is 22.1 Å². The van der Waals surface area contributed by atoms with Gasteiger partial charge in [-0.2, -0.15) is 0 Å². The molecule has 0 saturated carbocycles. The second-order valence-corrected chi connectivity index (χ2v) is 6.43. The van der Waals surface area contributed by atoms with Crippen molar-refractivity contribution in [2.45, 2.75) is 6.17 Å². The number of aromatic nitrogens is 1. The molecule has 0 saturated heterocycles. The molecule has 4 rings (SSSR count). The van der Waals surface area contributed by atoms with Crippen LogP contribution in [0.5, 0.6) is 0 Å². The van der Waals surface area contributed by atoms with Crippen molar-refractivity contribution in [2.24, 2.45) is 0 Å². The number of hydrogen-bond acceptors (Lipinski definition) is 3. The van der Waals surface area contributed by atoms with E-state index in [2.05, 4.69) is 10.3 Å². The molecular formula is C19H13Cl2N3O. The van der Waals surface area contributed by atoms with Gasteiger partial charge in [-0.25, -0.2) is 0 Å². The zero-order valence-electron chi connectivity index (χ0n) is 13.0. The minimum Gasteiger partial charge on any atom is -0.359 e. The summed E-state index contributed by atoms with van der Waals surface area (Å²) in [7, 11) is 0. The molecule has 124 valence electrons. The highest BCUT2D eigenvalue weighted by molar-refractivity contribution is 6.39. The lowest BCUT2D eigenvalue weighted by molar-refractivity contribution is 0.0993. The fraction of sp³-hybridized carbons (Fsp3) is 0.0526. The van der Waals surface area contributed by atoms with Crippen molar-refractivity contribution in [3.8, 4) is 0 Å². The van der Waals surface area contributed by atoms with Crippen molar-refractivity contribution < 1.29 is 4.79 Å². The maximum absolute atomic E-state index is 13.0. The number of pyridine rings is 1. The molecule has 0 fully saturated rings. The van der Waals surface area contributed by atoms with Gasteiger partial charge in [0, 0.05) is 17.3 Å².